The van der Waals surface area contributed by atoms with Gasteiger partial charge in [0.2, 0.25) is 5.78 Å². The van der Waals surface area contributed by atoms with Gasteiger partial charge in [-0.2, -0.15) is 0 Å². The molecule has 0 aromatic heterocycles. The molecule has 1 amide bonds. The number of hydrogen-bond acceptors (Lipinski definition) is 10. The van der Waals surface area contributed by atoms with E-state index in [2.05, 4.69) is 5.32 Å². The first kappa shape index (κ1) is 29.3. The predicted molar refractivity (Wildman–Crippen MR) is 156 cm³/mol. The van der Waals surface area contributed by atoms with E-state index in [9.17, 15) is 34.8 Å². The second kappa shape index (κ2) is 10.6. The number of nitrogens with two attached hydrogens (primary N) is 1. The molecule has 42 heavy (non-hydrogen) atoms. The minimum atomic E-state index is -2.67. The Balaban J connectivity index is 1.63. The summed E-state index contributed by atoms with van der Waals surface area (Å²) in [5.41, 5.74) is 4.71. The van der Waals surface area contributed by atoms with Crippen LogP contribution in [-0.2, 0) is 33.9 Å². The number of likely N-dealkylation sites (N-methyl/N-ethyl adjacent to an activating group) is 1. The minimum Gasteiger partial charge on any atom is -0.508 e. The van der Waals surface area contributed by atoms with Gasteiger partial charge in [-0.1, -0.05) is 30.3 Å². The zero-order valence-electron chi connectivity index (χ0n) is 24.0. The third-order valence-corrected chi connectivity index (χ3v) is 8.75. The van der Waals surface area contributed by atoms with Gasteiger partial charge in [-0.15, -0.1) is 0 Å². The van der Waals surface area contributed by atoms with E-state index in [1.807, 2.05) is 55.4 Å². The van der Waals surface area contributed by atoms with Gasteiger partial charge < -0.3 is 36.4 Å². The number of ketones is 2. The second-order valence-electron chi connectivity index (χ2n) is 11.7. The number of nitrogens with zero attached hydrogens (tertiary/aromatic N) is 2. The number of aliphatic hydroxyl groups excluding tert-OH is 2. The Morgan fingerprint density at radius 1 is 1.07 bits per heavy atom. The number of primary amides is 1. The highest BCUT2D eigenvalue weighted by atomic mass is 16.3. The number of phenols is 1. The highest BCUT2D eigenvalue weighted by Crippen LogP contribution is 2.54. The van der Waals surface area contributed by atoms with E-state index in [1.54, 1.807) is 14.1 Å². The molecule has 5 rings (SSSR count). The van der Waals surface area contributed by atoms with Crippen molar-refractivity contribution in [3.63, 3.8) is 0 Å². The number of benzene rings is 2. The van der Waals surface area contributed by atoms with Crippen molar-refractivity contribution in [2.75, 3.05) is 33.1 Å². The molecule has 0 aliphatic heterocycles. The molecule has 0 bridgehead atoms. The average molecular weight is 577 g/mol. The molecule has 7 N–H and O–H groups in total. The first-order valence-corrected chi connectivity index (χ1v) is 13.7. The molecule has 4 atom stereocenters. The third-order valence-electron chi connectivity index (χ3n) is 8.75. The van der Waals surface area contributed by atoms with Crippen LogP contribution in [0.5, 0.6) is 5.75 Å². The first-order valence-electron chi connectivity index (χ1n) is 13.7. The Morgan fingerprint density at radius 2 is 1.74 bits per heavy atom. The molecule has 1 saturated carbocycles. The molecule has 3 aliphatic carbocycles. The van der Waals surface area contributed by atoms with Crippen LogP contribution in [0.25, 0.3) is 5.76 Å². The summed E-state index contributed by atoms with van der Waals surface area (Å²) in [6.45, 7) is 0.801. The summed E-state index contributed by atoms with van der Waals surface area (Å²) in [5, 5.41) is 49.1. The van der Waals surface area contributed by atoms with Crippen molar-refractivity contribution in [1.82, 2.24) is 10.2 Å². The number of aromatic hydroxyl groups is 1. The SMILES string of the molecule is CN(C)c1cc(CNCc2ccccc2)c(O)c2c1C[C@H]1C[C@H]3C(N(C)C)C(=O)C(C(N)=O)=C(O)[C@@]3(O)C(=O)C1=C2O. The molecule has 0 spiro atoms. The molecule has 1 unspecified atom stereocenters. The number of anilines is 1. The molecule has 3 aliphatic rings. The molecular formula is C31H36N4O7. The molecule has 11 heteroatoms. The van der Waals surface area contributed by atoms with Crippen LogP contribution in [0.4, 0.5) is 5.69 Å². The van der Waals surface area contributed by atoms with E-state index in [-0.39, 0.29) is 36.3 Å². The van der Waals surface area contributed by atoms with Gasteiger partial charge >= 0.3 is 0 Å². The van der Waals surface area contributed by atoms with Gasteiger partial charge in [-0.05, 0) is 50.0 Å². The molecule has 222 valence electrons. The predicted octanol–water partition coefficient (Wildman–Crippen LogP) is 1.32. The molecule has 0 radical (unpaired) electrons. The van der Waals surface area contributed by atoms with Gasteiger partial charge in [0.1, 0.15) is 22.8 Å². The number of Topliss-reactive ketones (excluding diaryl/α,β-unsaturated/α-hetero) is 2. The summed E-state index contributed by atoms with van der Waals surface area (Å²) in [4.78, 5) is 42.9. The Morgan fingerprint density at radius 3 is 2.33 bits per heavy atom. The number of carbonyl (C=O) groups is 3. The Labute approximate surface area is 243 Å². The third kappa shape index (κ3) is 4.36. The number of rotatable bonds is 7. The van der Waals surface area contributed by atoms with E-state index in [0.717, 1.165) is 11.3 Å². The van der Waals surface area contributed by atoms with E-state index in [4.69, 9.17) is 5.73 Å². The lowest BCUT2D eigenvalue weighted by atomic mass is 9.57. The molecule has 0 saturated heterocycles. The normalized spacial score (nSPS) is 25.3. The van der Waals surface area contributed by atoms with Gasteiger partial charge in [0, 0.05) is 49.9 Å². The summed E-state index contributed by atoms with van der Waals surface area (Å²) in [7, 11) is 6.82. The molecular weight excluding hydrogens is 540 g/mol. The number of aliphatic hydroxyl groups is 3. The zero-order valence-corrected chi connectivity index (χ0v) is 24.0. The van der Waals surface area contributed by atoms with E-state index in [0.29, 0.717) is 17.7 Å². The van der Waals surface area contributed by atoms with Crippen molar-refractivity contribution < 1.29 is 34.8 Å². The van der Waals surface area contributed by atoms with Crippen LogP contribution in [0, 0.1) is 11.8 Å². The maximum absolute atomic E-state index is 14.1. The summed E-state index contributed by atoms with van der Waals surface area (Å²) >= 11 is 0. The van der Waals surface area contributed by atoms with E-state index < -0.39 is 58.0 Å². The van der Waals surface area contributed by atoms with Crippen molar-refractivity contribution in [2.24, 2.45) is 17.6 Å². The number of hydrogen-bond donors (Lipinski definition) is 6. The Kier molecular flexibility index (Phi) is 7.38. The van der Waals surface area contributed by atoms with Crippen molar-refractivity contribution in [3.05, 3.63) is 75.6 Å². The maximum Gasteiger partial charge on any atom is 0.255 e. The van der Waals surface area contributed by atoms with Crippen LogP contribution < -0.4 is 16.0 Å². The molecule has 2 aromatic rings. The van der Waals surface area contributed by atoms with Crippen molar-refractivity contribution >= 4 is 28.9 Å². The standard InChI is InChI=1S/C31H36N4O7/c1-34(2)20-12-17(14-33-13-15-8-6-5-7-9-15)25(36)22-18(20)10-16-11-19-24(35(3)4)27(38)23(30(32)41)29(40)31(19,42)28(39)21(16)26(22)37/h5-9,12,16,19,24,33,36-37,40,42H,10-11,13-14H2,1-4H3,(H2,32,41)/t16-,19-,24?,31-/m0/s1. The topological polar surface area (TPSA) is 177 Å². The Hall–Kier alpha value is -4.19. The molecule has 2 aromatic carbocycles. The number of nitrogens with one attached hydrogen (secondary N) is 1. The Bertz CT molecular complexity index is 1550. The number of amides is 1. The average Bonchev–Trinajstić information content (AvgIpc) is 2.92. The largest absolute Gasteiger partial charge is 0.508 e. The number of fused-ring (bicyclic) bond motifs is 3. The zero-order chi connectivity index (χ0) is 30.7. The lowest BCUT2D eigenvalue weighted by molar-refractivity contribution is -0.153. The van der Waals surface area contributed by atoms with Gasteiger partial charge in [0.25, 0.3) is 5.91 Å². The van der Waals surface area contributed by atoms with Gasteiger partial charge in [-0.25, -0.2) is 0 Å². The summed E-state index contributed by atoms with van der Waals surface area (Å²) in [6, 6.07) is 10.4. The quantitative estimate of drug-likeness (QED) is 0.264. The van der Waals surface area contributed by atoms with Gasteiger partial charge in [-0.3, -0.25) is 19.3 Å². The fourth-order valence-electron chi connectivity index (χ4n) is 6.82. The van der Waals surface area contributed by atoms with Crippen LogP contribution in [0.1, 0.15) is 28.7 Å². The number of carbonyl (C=O) groups excluding carboxylic acids is 3. The fraction of sp³-hybridized carbons (Fsp3) is 0.387. The lowest BCUT2D eigenvalue weighted by Crippen LogP contribution is -2.65. The minimum absolute atomic E-state index is 0.0414. The highest BCUT2D eigenvalue weighted by Gasteiger charge is 2.64. The van der Waals surface area contributed by atoms with Crippen molar-refractivity contribution in [3.8, 4) is 5.75 Å². The van der Waals surface area contributed by atoms with Gasteiger partial charge in [0.15, 0.2) is 11.4 Å². The lowest BCUT2D eigenvalue weighted by Gasteiger charge is -2.50. The smallest absolute Gasteiger partial charge is 0.255 e. The van der Waals surface area contributed by atoms with Crippen LogP contribution in [-0.4, -0.2) is 82.6 Å². The molecule has 0 heterocycles. The summed E-state index contributed by atoms with van der Waals surface area (Å²) < 4.78 is 0. The van der Waals surface area contributed by atoms with E-state index >= 15 is 0 Å². The van der Waals surface area contributed by atoms with Crippen LogP contribution >= 0.6 is 0 Å². The highest BCUT2D eigenvalue weighted by molar-refractivity contribution is 6.24. The monoisotopic (exact) mass is 576 g/mol. The van der Waals surface area contributed by atoms with Crippen molar-refractivity contribution in [2.45, 2.75) is 37.6 Å². The maximum atomic E-state index is 14.1. The first-order chi connectivity index (χ1) is 19.8. The molecule has 1 fully saturated rings. The van der Waals surface area contributed by atoms with Crippen LogP contribution in [0.3, 0.4) is 0 Å². The van der Waals surface area contributed by atoms with Crippen LogP contribution in [0.2, 0.25) is 0 Å². The summed E-state index contributed by atoms with van der Waals surface area (Å²) in [6.07, 6.45) is 0.271. The second-order valence-corrected chi connectivity index (χ2v) is 11.7. The van der Waals surface area contributed by atoms with Crippen LogP contribution in [0.15, 0.2) is 53.3 Å². The fourth-order valence-corrected chi connectivity index (χ4v) is 6.82. The van der Waals surface area contributed by atoms with E-state index in [1.165, 1.54) is 4.90 Å². The summed E-state index contributed by atoms with van der Waals surface area (Å²) in [5.74, 6) is -6.63. The number of phenolic OH excluding ortho intramolecular Hbond substituents is 1. The van der Waals surface area contributed by atoms with Gasteiger partial charge in [0.05, 0.1) is 11.6 Å². The van der Waals surface area contributed by atoms with Crippen molar-refractivity contribution in [1.29, 1.82) is 0 Å². The molecule has 11 nitrogen and oxygen atoms in total.